The number of hydrogen-bond acceptors (Lipinski definition) is 3. The average molecular weight is 254 g/mol. The van der Waals surface area contributed by atoms with Crippen LogP contribution in [-0.4, -0.2) is 51.3 Å². The first-order chi connectivity index (χ1) is 8.88. The molecular formula is C15H30N2O. The van der Waals surface area contributed by atoms with Crippen LogP contribution >= 0.6 is 0 Å². The molecule has 106 valence electrons. The Balaban J connectivity index is 1.75. The van der Waals surface area contributed by atoms with Crippen LogP contribution in [0.1, 0.15) is 38.5 Å². The van der Waals surface area contributed by atoms with Crippen LogP contribution in [0.5, 0.6) is 0 Å². The molecule has 0 radical (unpaired) electrons. The second-order valence-electron chi connectivity index (χ2n) is 6.12. The third kappa shape index (κ3) is 4.87. The van der Waals surface area contributed by atoms with Gasteiger partial charge in [0.25, 0.3) is 0 Å². The van der Waals surface area contributed by atoms with E-state index in [1.54, 1.807) is 0 Å². The number of hydrogen-bond donors (Lipinski definition) is 1. The Hall–Kier alpha value is -0.120. The first-order valence-electron chi connectivity index (χ1n) is 7.80. The van der Waals surface area contributed by atoms with Crippen molar-refractivity contribution in [1.82, 2.24) is 10.2 Å². The van der Waals surface area contributed by atoms with Gasteiger partial charge in [-0.15, -0.1) is 0 Å². The molecule has 1 N–H and O–H groups in total. The number of piperidine rings is 1. The zero-order chi connectivity index (χ0) is 12.6. The van der Waals surface area contributed by atoms with Gasteiger partial charge in [-0.3, -0.25) is 0 Å². The molecule has 2 aliphatic heterocycles. The molecule has 0 aromatic heterocycles. The lowest BCUT2D eigenvalue weighted by molar-refractivity contribution is 0.150. The van der Waals surface area contributed by atoms with Gasteiger partial charge in [0, 0.05) is 26.8 Å². The van der Waals surface area contributed by atoms with Crippen molar-refractivity contribution in [3.8, 4) is 0 Å². The van der Waals surface area contributed by atoms with Gasteiger partial charge in [0.2, 0.25) is 0 Å². The SMILES string of the molecule is COCCC1CCCCN(CC2CCCNC2)C1. The molecule has 0 amide bonds. The summed E-state index contributed by atoms with van der Waals surface area (Å²) in [4.78, 5) is 2.73. The summed E-state index contributed by atoms with van der Waals surface area (Å²) in [7, 11) is 1.82. The quantitative estimate of drug-likeness (QED) is 0.813. The van der Waals surface area contributed by atoms with E-state index in [1.807, 2.05) is 7.11 Å². The zero-order valence-electron chi connectivity index (χ0n) is 12.0. The van der Waals surface area contributed by atoms with Gasteiger partial charge in [0.1, 0.15) is 0 Å². The fourth-order valence-electron chi connectivity index (χ4n) is 3.45. The van der Waals surface area contributed by atoms with Crippen molar-refractivity contribution < 1.29 is 4.74 Å². The third-order valence-corrected chi connectivity index (χ3v) is 4.50. The predicted molar refractivity (Wildman–Crippen MR) is 75.9 cm³/mol. The van der Waals surface area contributed by atoms with Crippen LogP contribution in [0.2, 0.25) is 0 Å². The van der Waals surface area contributed by atoms with Crippen molar-refractivity contribution in [2.45, 2.75) is 38.5 Å². The normalized spacial score (nSPS) is 31.2. The first-order valence-corrected chi connectivity index (χ1v) is 7.80. The van der Waals surface area contributed by atoms with Crippen LogP contribution in [-0.2, 0) is 4.74 Å². The number of likely N-dealkylation sites (tertiary alicyclic amines) is 1. The van der Waals surface area contributed by atoms with Gasteiger partial charge in [-0.25, -0.2) is 0 Å². The van der Waals surface area contributed by atoms with E-state index in [1.165, 1.54) is 71.2 Å². The molecule has 0 aromatic rings. The van der Waals surface area contributed by atoms with Crippen LogP contribution in [0.15, 0.2) is 0 Å². The predicted octanol–water partition coefficient (Wildman–Crippen LogP) is 2.12. The molecule has 3 heteroatoms. The summed E-state index contributed by atoms with van der Waals surface area (Å²) in [6, 6.07) is 0. The molecule has 0 aliphatic carbocycles. The Morgan fingerprint density at radius 1 is 1.17 bits per heavy atom. The van der Waals surface area contributed by atoms with E-state index in [4.69, 9.17) is 4.74 Å². The lowest BCUT2D eigenvalue weighted by Gasteiger charge is -2.31. The molecule has 2 saturated heterocycles. The molecule has 2 heterocycles. The van der Waals surface area contributed by atoms with Crippen LogP contribution < -0.4 is 5.32 Å². The molecule has 2 unspecified atom stereocenters. The van der Waals surface area contributed by atoms with Gasteiger partial charge in [0.05, 0.1) is 0 Å². The van der Waals surface area contributed by atoms with Crippen molar-refractivity contribution in [2.24, 2.45) is 11.8 Å². The van der Waals surface area contributed by atoms with Crippen molar-refractivity contribution in [1.29, 1.82) is 0 Å². The minimum atomic E-state index is 0.865. The smallest absolute Gasteiger partial charge is 0.0465 e. The van der Waals surface area contributed by atoms with E-state index >= 15 is 0 Å². The van der Waals surface area contributed by atoms with Crippen molar-refractivity contribution >= 4 is 0 Å². The second-order valence-corrected chi connectivity index (χ2v) is 6.12. The molecule has 2 atom stereocenters. The van der Waals surface area contributed by atoms with E-state index in [0.717, 1.165) is 18.4 Å². The van der Waals surface area contributed by atoms with E-state index in [0.29, 0.717) is 0 Å². The van der Waals surface area contributed by atoms with Crippen molar-refractivity contribution in [3.63, 3.8) is 0 Å². The maximum absolute atomic E-state index is 5.24. The lowest BCUT2D eigenvalue weighted by Crippen LogP contribution is -2.39. The summed E-state index contributed by atoms with van der Waals surface area (Å²) in [5.41, 5.74) is 0. The van der Waals surface area contributed by atoms with Crippen LogP contribution in [0.4, 0.5) is 0 Å². The Morgan fingerprint density at radius 3 is 2.83 bits per heavy atom. The van der Waals surface area contributed by atoms with Gasteiger partial charge in [-0.05, 0) is 63.6 Å². The van der Waals surface area contributed by atoms with Crippen molar-refractivity contribution in [3.05, 3.63) is 0 Å². The fraction of sp³-hybridized carbons (Fsp3) is 1.00. The van der Waals surface area contributed by atoms with Gasteiger partial charge in [0.15, 0.2) is 0 Å². The molecule has 2 fully saturated rings. The third-order valence-electron chi connectivity index (χ3n) is 4.50. The Labute approximate surface area is 112 Å². The highest BCUT2D eigenvalue weighted by Gasteiger charge is 2.21. The lowest BCUT2D eigenvalue weighted by atomic mass is 9.97. The van der Waals surface area contributed by atoms with Gasteiger partial charge < -0.3 is 15.0 Å². The van der Waals surface area contributed by atoms with Crippen LogP contribution in [0.25, 0.3) is 0 Å². The largest absolute Gasteiger partial charge is 0.385 e. The molecule has 0 spiro atoms. The zero-order valence-corrected chi connectivity index (χ0v) is 12.0. The monoisotopic (exact) mass is 254 g/mol. The number of rotatable bonds is 5. The minimum absolute atomic E-state index is 0.865. The highest BCUT2D eigenvalue weighted by atomic mass is 16.5. The van der Waals surface area contributed by atoms with Crippen molar-refractivity contribution in [2.75, 3.05) is 46.4 Å². The van der Waals surface area contributed by atoms with E-state index < -0.39 is 0 Å². The van der Waals surface area contributed by atoms with Crippen LogP contribution in [0.3, 0.4) is 0 Å². The number of nitrogens with zero attached hydrogens (tertiary/aromatic N) is 1. The highest BCUT2D eigenvalue weighted by Crippen LogP contribution is 2.21. The van der Waals surface area contributed by atoms with Gasteiger partial charge in [-0.1, -0.05) is 6.42 Å². The summed E-state index contributed by atoms with van der Waals surface area (Å²) in [6.45, 7) is 7.34. The van der Waals surface area contributed by atoms with Crippen LogP contribution in [0, 0.1) is 11.8 Å². The van der Waals surface area contributed by atoms with E-state index in [9.17, 15) is 0 Å². The molecule has 0 saturated carbocycles. The first kappa shape index (κ1) is 14.3. The minimum Gasteiger partial charge on any atom is -0.385 e. The highest BCUT2D eigenvalue weighted by molar-refractivity contribution is 4.77. The number of nitrogens with one attached hydrogen (secondary N) is 1. The molecule has 2 aliphatic rings. The average Bonchev–Trinajstić information content (AvgIpc) is 2.63. The summed E-state index contributed by atoms with van der Waals surface area (Å²) < 4.78 is 5.24. The Bertz CT molecular complexity index is 217. The summed E-state index contributed by atoms with van der Waals surface area (Å²) >= 11 is 0. The molecule has 2 rings (SSSR count). The Morgan fingerprint density at radius 2 is 2.06 bits per heavy atom. The molecular weight excluding hydrogens is 224 g/mol. The molecule has 0 bridgehead atoms. The molecule has 0 aromatic carbocycles. The summed E-state index contributed by atoms with van der Waals surface area (Å²) in [5.74, 6) is 1.75. The number of ether oxygens (including phenoxy) is 1. The topological polar surface area (TPSA) is 24.5 Å². The standard InChI is InChI=1S/C15H30N2O/c1-18-10-7-14-5-2-3-9-17(12-14)13-15-6-4-8-16-11-15/h14-16H,2-13H2,1H3. The molecule has 18 heavy (non-hydrogen) atoms. The van der Waals surface area contributed by atoms with Gasteiger partial charge >= 0.3 is 0 Å². The Kier molecular flexibility index (Phi) is 6.46. The maximum atomic E-state index is 5.24. The maximum Gasteiger partial charge on any atom is 0.0465 e. The number of methoxy groups -OCH3 is 1. The summed E-state index contributed by atoms with van der Waals surface area (Å²) in [6.07, 6.45) is 8.24. The summed E-state index contributed by atoms with van der Waals surface area (Å²) in [5, 5.41) is 3.54. The molecule has 3 nitrogen and oxygen atoms in total. The fourth-order valence-corrected chi connectivity index (χ4v) is 3.45. The van der Waals surface area contributed by atoms with E-state index in [2.05, 4.69) is 10.2 Å². The van der Waals surface area contributed by atoms with E-state index in [-0.39, 0.29) is 0 Å². The second kappa shape index (κ2) is 8.13. The van der Waals surface area contributed by atoms with Gasteiger partial charge in [-0.2, -0.15) is 0 Å².